The van der Waals surface area contributed by atoms with Gasteiger partial charge in [-0.25, -0.2) is 14.2 Å². The number of carbonyl (C=O) groups is 1. The van der Waals surface area contributed by atoms with Crippen LogP contribution < -0.4 is 25.4 Å². The summed E-state index contributed by atoms with van der Waals surface area (Å²) in [5.74, 6) is 1.58. The van der Waals surface area contributed by atoms with E-state index in [9.17, 15) is 4.79 Å². The number of nitrogens with one attached hydrogen (secondary N) is 3. The molecule has 0 aliphatic carbocycles. The largest absolute Gasteiger partial charge is 0.497 e. The molecule has 41 heavy (non-hydrogen) atoms. The van der Waals surface area contributed by atoms with Crippen molar-refractivity contribution < 1.29 is 23.4 Å². The molecule has 4 aromatic rings. The number of pyridine rings is 1. The summed E-state index contributed by atoms with van der Waals surface area (Å²) in [7, 11) is 5.25. The Labute approximate surface area is 241 Å². The summed E-state index contributed by atoms with van der Waals surface area (Å²) in [5.41, 5.74) is 2.82. The number of nitrogens with zero attached hydrogens (tertiary/aromatic N) is 3. The number of amides is 2. The third kappa shape index (κ3) is 6.79. The number of carbonyl (C=O) groups excluding carboxylic acids is 1. The Hall–Kier alpha value is -4.13. The number of methoxy groups -OCH3 is 2. The van der Waals surface area contributed by atoms with Crippen molar-refractivity contribution in [2.75, 3.05) is 38.0 Å². The lowest BCUT2D eigenvalue weighted by Gasteiger charge is -2.13. The number of benzene rings is 2. The fourth-order valence-electron chi connectivity index (χ4n) is 4.39. The second-order valence-corrected chi connectivity index (χ2v) is 10.5. The van der Waals surface area contributed by atoms with Gasteiger partial charge in [-0.15, -0.1) is 11.8 Å². The van der Waals surface area contributed by atoms with E-state index in [1.807, 2.05) is 13.2 Å². The summed E-state index contributed by atoms with van der Waals surface area (Å²) in [6.07, 6.45) is 4.23. The number of halogens is 1. The Balaban J connectivity index is 1.22. The summed E-state index contributed by atoms with van der Waals surface area (Å²) in [5, 5.41) is 8.73. The molecule has 3 N–H and O–H groups in total. The van der Waals surface area contributed by atoms with Gasteiger partial charge < -0.3 is 34.7 Å². The molecule has 2 aromatic carbocycles. The first-order chi connectivity index (χ1) is 19.9. The molecule has 3 heterocycles. The van der Waals surface area contributed by atoms with E-state index in [1.54, 1.807) is 68.6 Å². The molecule has 1 aliphatic heterocycles. The van der Waals surface area contributed by atoms with Gasteiger partial charge in [-0.05, 0) is 36.4 Å². The van der Waals surface area contributed by atoms with Gasteiger partial charge in [-0.3, -0.25) is 4.98 Å². The molecule has 0 saturated carbocycles. The van der Waals surface area contributed by atoms with Crippen LogP contribution in [0.2, 0.25) is 0 Å². The van der Waals surface area contributed by atoms with Gasteiger partial charge in [0.2, 0.25) is 0 Å². The maximum atomic E-state index is 15.0. The molecule has 12 heteroatoms. The van der Waals surface area contributed by atoms with Crippen LogP contribution in [0, 0.1) is 5.82 Å². The van der Waals surface area contributed by atoms with Crippen LogP contribution in [0.5, 0.6) is 17.2 Å². The topological polar surface area (TPSA) is 112 Å². The predicted molar refractivity (Wildman–Crippen MR) is 155 cm³/mol. The highest BCUT2D eigenvalue weighted by Crippen LogP contribution is 2.50. The highest BCUT2D eigenvalue weighted by molar-refractivity contribution is 8.00. The number of imidazole rings is 1. The van der Waals surface area contributed by atoms with Gasteiger partial charge in [0.1, 0.15) is 17.3 Å². The minimum atomic E-state index is -0.605. The van der Waals surface area contributed by atoms with E-state index in [4.69, 9.17) is 14.2 Å². The van der Waals surface area contributed by atoms with Crippen molar-refractivity contribution in [3.05, 3.63) is 84.0 Å². The highest BCUT2D eigenvalue weighted by atomic mass is 32.2. The smallest absolute Gasteiger partial charge is 0.323 e. The number of anilines is 2. The van der Waals surface area contributed by atoms with Crippen LogP contribution in [0.4, 0.5) is 20.6 Å². The zero-order valence-electron chi connectivity index (χ0n) is 22.9. The number of thioether (sulfide) groups is 1. The molecule has 5 rings (SSSR count). The molecule has 214 valence electrons. The lowest BCUT2D eigenvalue weighted by atomic mass is 10.2. The molecule has 0 saturated heterocycles. The van der Waals surface area contributed by atoms with E-state index >= 15 is 4.39 Å². The maximum absolute atomic E-state index is 15.0. The summed E-state index contributed by atoms with van der Waals surface area (Å²) in [6, 6.07) is 12.4. The average Bonchev–Trinajstić information content (AvgIpc) is 3.56. The Bertz CT molecular complexity index is 1510. The van der Waals surface area contributed by atoms with Gasteiger partial charge in [0.05, 0.1) is 35.2 Å². The summed E-state index contributed by atoms with van der Waals surface area (Å²) >= 11 is 1.61. The lowest BCUT2D eigenvalue weighted by molar-refractivity contribution is 0.199. The normalized spacial score (nSPS) is 14.0. The lowest BCUT2D eigenvalue weighted by Crippen LogP contribution is -2.20. The van der Waals surface area contributed by atoms with Gasteiger partial charge in [0.25, 0.3) is 0 Å². The van der Waals surface area contributed by atoms with Crippen LogP contribution in [0.3, 0.4) is 0 Å². The molecule has 1 atom stereocenters. The van der Waals surface area contributed by atoms with Crippen molar-refractivity contribution in [2.45, 2.75) is 23.1 Å². The number of fused-ring (bicyclic) bond motifs is 1. The van der Waals surface area contributed by atoms with E-state index in [0.29, 0.717) is 36.8 Å². The molecule has 1 aliphatic rings. The molecule has 2 aromatic heterocycles. The predicted octanol–water partition coefficient (Wildman–Crippen LogP) is 5.52. The van der Waals surface area contributed by atoms with E-state index in [0.717, 1.165) is 28.7 Å². The molecule has 10 nitrogen and oxygen atoms in total. The molecule has 0 spiro atoms. The highest BCUT2D eigenvalue weighted by Gasteiger charge is 2.31. The number of hydrogen-bond acceptors (Lipinski definition) is 8. The summed E-state index contributed by atoms with van der Waals surface area (Å²) in [4.78, 5) is 22.4. The first-order valence-corrected chi connectivity index (χ1v) is 13.9. The van der Waals surface area contributed by atoms with Gasteiger partial charge in [0, 0.05) is 69.6 Å². The van der Waals surface area contributed by atoms with Crippen LogP contribution in [0.25, 0.3) is 0 Å². The SMILES string of the molecule is COCCNCc1cnc(C2Cc3nccc(Oc4ccc(NC(=O)Nc5ccc(OC)cc5)cc4F)c3S2)n1C. The summed E-state index contributed by atoms with van der Waals surface area (Å²) in [6.45, 7) is 2.10. The monoisotopic (exact) mass is 578 g/mol. The van der Waals surface area contributed by atoms with Crippen LogP contribution in [0.15, 0.2) is 65.8 Å². The third-order valence-electron chi connectivity index (χ3n) is 6.54. The van der Waals surface area contributed by atoms with Gasteiger partial charge in [-0.1, -0.05) is 0 Å². The second kappa shape index (κ2) is 13.0. The molecule has 2 amide bonds. The van der Waals surface area contributed by atoms with Crippen molar-refractivity contribution >= 4 is 29.2 Å². The zero-order valence-corrected chi connectivity index (χ0v) is 23.8. The Kier molecular flexibility index (Phi) is 9.02. The fourth-order valence-corrected chi connectivity index (χ4v) is 5.74. The first kappa shape index (κ1) is 28.4. The number of rotatable bonds is 11. The van der Waals surface area contributed by atoms with E-state index < -0.39 is 11.8 Å². The van der Waals surface area contributed by atoms with Crippen molar-refractivity contribution in [3.63, 3.8) is 0 Å². The molecule has 0 bridgehead atoms. The molecule has 0 fully saturated rings. The summed E-state index contributed by atoms with van der Waals surface area (Å²) < 4.78 is 33.3. The van der Waals surface area contributed by atoms with Gasteiger partial charge in [0.15, 0.2) is 11.6 Å². The first-order valence-electron chi connectivity index (χ1n) is 13.0. The van der Waals surface area contributed by atoms with E-state index in [2.05, 4.69) is 30.5 Å². The minimum absolute atomic E-state index is 0.0463. The van der Waals surface area contributed by atoms with E-state index in [1.165, 1.54) is 12.1 Å². The molecule has 1 unspecified atom stereocenters. The number of hydrogen-bond donors (Lipinski definition) is 3. The standard InChI is InChI=1S/C29H31FN6O4S/c1-36-20(16-31-12-13-38-2)17-33-28(36)26-15-23-27(41-26)25(10-11-32-23)40-24-9-6-19(14-22(24)30)35-29(37)34-18-4-7-21(39-3)8-5-18/h4-11,14,17,26,31H,12-13,15-16H2,1-3H3,(H2,34,35,37). The fraction of sp³-hybridized carbons (Fsp3) is 0.276. The van der Waals surface area contributed by atoms with Crippen molar-refractivity contribution in [2.24, 2.45) is 7.05 Å². The van der Waals surface area contributed by atoms with Crippen LogP contribution >= 0.6 is 11.8 Å². The van der Waals surface area contributed by atoms with Crippen LogP contribution in [-0.2, 0) is 24.8 Å². The Morgan fingerprint density at radius 2 is 1.85 bits per heavy atom. The van der Waals surface area contributed by atoms with Crippen LogP contribution in [0.1, 0.15) is 22.5 Å². The molecular formula is C29H31FN6O4S. The Morgan fingerprint density at radius 1 is 1.07 bits per heavy atom. The molecular weight excluding hydrogens is 547 g/mol. The maximum Gasteiger partial charge on any atom is 0.323 e. The van der Waals surface area contributed by atoms with Crippen LogP contribution in [-0.4, -0.2) is 47.9 Å². The van der Waals surface area contributed by atoms with E-state index in [-0.39, 0.29) is 16.7 Å². The zero-order chi connectivity index (χ0) is 28.8. The van der Waals surface area contributed by atoms with Crippen molar-refractivity contribution in [1.29, 1.82) is 0 Å². The molecule has 0 radical (unpaired) electrons. The number of urea groups is 1. The third-order valence-corrected chi connectivity index (χ3v) is 7.87. The van der Waals surface area contributed by atoms with Gasteiger partial charge >= 0.3 is 6.03 Å². The number of ether oxygens (including phenoxy) is 3. The Morgan fingerprint density at radius 3 is 2.61 bits per heavy atom. The van der Waals surface area contributed by atoms with Gasteiger partial charge in [-0.2, -0.15) is 0 Å². The average molecular weight is 579 g/mol. The van der Waals surface area contributed by atoms with Crippen molar-refractivity contribution in [3.8, 4) is 17.2 Å². The van der Waals surface area contributed by atoms with Crippen molar-refractivity contribution in [1.82, 2.24) is 19.9 Å². The minimum Gasteiger partial charge on any atom is -0.497 e. The second-order valence-electron chi connectivity index (χ2n) is 9.29. The quantitative estimate of drug-likeness (QED) is 0.200. The number of aromatic nitrogens is 3.